The highest BCUT2D eigenvalue weighted by molar-refractivity contribution is 6.03. The number of anilines is 2. The van der Waals surface area contributed by atoms with Crippen LogP contribution in [0.3, 0.4) is 0 Å². The molecular formula is C31H45N3O7. The van der Waals surface area contributed by atoms with Gasteiger partial charge in [-0.05, 0) is 53.7 Å². The minimum absolute atomic E-state index is 0.00764. The highest BCUT2D eigenvalue weighted by atomic mass is 16.6. The summed E-state index contributed by atoms with van der Waals surface area (Å²) >= 11 is 0. The predicted molar refractivity (Wildman–Crippen MR) is 153 cm³/mol. The topological polar surface area (TPSA) is 102 Å². The van der Waals surface area contributed by atoms with E-state index >= 15 is 0 Å². The molecule has 6 aliphatic heterocycles. The lowest BCUT2D eigenvalue weighted by atomic mass is 10.0. The van der Waals surface area contributed by atoms with Crippen molar-refractivity contribution in [3.63, 3.8) is 0 Å². The summed E-state index contributed by atoms with van der Waals surface area (Å²) in [6.45, 7) is 20.7. The number of epoxide rings is 6. The number of hydrogen-bond acceptors (Lipinski definition) is 9. The third-order valence-electron chi connectivity index (χ3n) is 9.16. The van der Waals surface area contributed by atoms with Crippen molar-refractivity contribution in [3.8, 4) is 0 Å². The van der Waals surface area contributed by atoms with E-state index in [1.54, 1.807) is 0 Å². The van der Waals surface area contributed by atoms with Crippen LogP contribution in [0.1, 0.15) is 51.9 Å². The highest BCUT2D eigenvalue weighted by Gasteiger charge is 2.51. The molecule has 41 heavy (non-hydrogen) atoms. The molecule has 0 aromatic heterocycles. The van der Waals surface area contributed by atoms with Gasteiger partial charge in [-0.25, -0.2) is 0 Å². The molecule has 0 radical (unpaired) electrons. The quantitative estimate of drug-likeness (QED) is 0.294. The molecule has 226 valence electrons. The second kappa shape index (κ2) is 9.03. The monoisotopic (exact) mass is 571 g/mol. The Morgan fingerprint density at radius 1 is 0.585 bits per heavy atom. The van der Waals surface area contributed by atoms with E-state index in [1.165, 1.54) is 0 Å². The van der Waals surface area contributed by atoms with Gasteiger partial charge in [0, 0.05) is 26.2 Å². The van der Waals surface area contributed by atoms with E-state index in [-0.39, 0.29) is 39.5 Å². The molecule has 1 amide bonds. The summed E-state index contributed by atoms with van der Waals surface area (Å²) in [7, 11) is 0. The van der Waals surface area contributed by atoms with Crippen molar-refractivity contribution in [3.05, 3.63) is 23.8 Å². The fourth-order valence-corrected chi connectivity index (χ4v) is 5.81. The van der Waals surface area contributed by atoms with Crippen LogP contribution in [-0.2, 0) is 28.4 Å². The SMILES string of the molecule is CC1(CN(CC2(C)CO2)C(=O)c2cccc(N(CC3(C)CO3)CC3(C)CO3)c2N(CC2(C)CO2)CC2(C)CO2)CO1. The number of carbonyl (C=O) groups is 1. The van der Waals surface area contributed by atoms with Gasteiger partial charge in [-0.3, -0.25) is 4.79 Å². The lowest BCUT2D eigenvalue weighted by molar-refractivity contribution is 0.0664. The summed E-state index contributed by atoms with van der Waals surface area (Å²) in [5.41, 5.74) is 1.04. The largest absolute Gasteiger partial charge is 0.368 e. The number of nitrogens with zero attached hydrogens (tertiary/aromatic N) is 3. The molecule has 6 aliphatic rings. The zero-order chi connectivity index (χ0) is 28.9. The van der Waals surface area contributed by atoms with Crippen molar-refractivity contribution in [2.75, 3.05) is 88.7 Å². The highest BCUT2D eigenvalue weighted by Crippen LogP contribution is 2.44. The average molecular weight is 572 g/mol. The van der Waals surface area contributed by atoms with Gasteiger partial charge in [0.05, 0.1) is 69.7 Å². The average Bonchev–Trinajstić information content (AvgIpc) is 3.70. The fraction of sp³-hybridized carbons (Fsp3) is 0.774. The van der Waals surface area contributed by atoms with Gasteiger partial charge in [0.25, 0.3) is 5.91 Å². The van der Waals surface area contributed by atoms with Gasteiger partial charge in [0.1, 0.15) is 33.6 Å². The molecule has 6 unspecified atom stereocenters. The first-order valence-electron chi connectivity index (χ1n) is 15.0. The summed E-state index contributed by atoms with van der Waals surface area (Å²) in [6.07, 6.45) is 0. The Morgan fingerprint density at radius 2 is 0.927 bits per heavy atom. The normalized spacial score (nSPS) is 41.0. The molecule has 6 fully saturated rings. The number of hydrogen-bond donors (Lipinski definition) is 0. The first-order valence-corrected chi connectivity index (χ1v) is 15.0. The number of amides is 1. The second-order valence-corrected chi connectivity index (χ2v) is 15.0. The second-order valence-electron chi connectivity index (χ2n) is 15.0. The van der Waals surface area contributed by atoms with Gasteiger partial charge in [-0.15, -0.1) is 0 Å². The number of carbonyl (C=O) groups excluding carboxylic acids is 1. The third kappa shape index (κ3) is 6.38. The first-order chi connectivity index (χ1) is 19.2. The maximum atomic E-state index is 14.7. The molecule has 1 aromatic carbocycles. The van der Waals surface area contributed by atoms with Gasteiger partial charge in [0.15, 0.2) is 0 Å². The van der Waals surface area contributed by atoms with Crippen LogP contribution in [0.15, 0.2) is 18.2 Å². The van der Waals surface area contributed by atoms with Crippen LogP contribution in [-0.4, -0.2) is 123 Å². The van der Waals surface area contributed by atoms with Crippen molar-refractivity contribution in [1.82, 2.24) is 4.90 Å². The van der Waals surface area contributed by atoms with E-state index in [1.807, 2.05) is 17.0 Å². The molecule has 0 aliphatic carbocycles. The van der Waals surface area contributed by atoms with E-state index in [0.717, 1.165) is 24.6 Å². The Labute approximate surface area is 243 Å². The van der Waals surface area contributed by atoms with E-state index in [4.69, 9.17) is 28.4 Å². The lowest BCUT2D eigenvalue weighted by Crippen LogP contribution is -2.46. The molecular weight excluding hydrogens is 526 g/mol. The Balaban J connectivity index is 1.31. The number of rotatable bonds is 15. The van der Waals surface area contributed by atoms with Crippen LogP contribution in [0.5, 0.6) is 0 Å². The summed E-state index contributed by atoms with van der Waals surface area (Å²) in [5, 5.41) is 0. The molecule has 0 N–H and O–H groups in total. The summed E-state index contributed by atoms with van der Waals surface area (Å²) in [4.78, 5) is 21.3. The lowest BCUT2D eigenvalue weighted by Gasteiger charge is -2.37. The molecule has 1 aromatic rings. The maximum Gasteiger partial charge on any atom is 0.256 e. The van der Waals surface area contributed by atoms with Crippen molar-refractivity contribution in [1.29, 1.82) is 0 Å². The maximum absolute atomic E-state index is 14.7. The zero-order valence-electron chi connectivity index (χ0n) is 25.4. The minimum atomic E-state index is -0.315. The summed E-state index contributed by atoms with van der Waals surface area (Å²) in [5.74, 6) is -0.00764. The molecule has 0 bridgehead atoms. The van der Waals surface area contributed by atoms with Gasteiger partial charge in [0.2, 0.25) is 0 Å². The van der Waals surface area contributed by atoms with Crippen LogP contribution in [0.25, 0.3) is 0 Å². The van der Waals surface area contributed by atoms with Crippen molar-refractivity contribution >= 4 is 17.3 Å². The van der Waals surface area contributed by atoms with Gasteiger partial charge >= 0.3 is 0 Å². The molecule has 10 heteroatoms. The van der Waals surface area contributed by atoms with Crippen LogP contribution >= 0.6 is 0 Å². The third-order valence-corrected chi connectivity index (χ3v) is 9.16. The standard InChI is InChI=1S/C31H45N3O7/c1-26(16-36-26)10-32(11-27(2)17-37-27)23-9-7-8-22(24(23)33(12-28(3)18-38-28)13-29(4)19-39-29)25(35)34(14-30(5)20-40-30)15-31(6)21-41-31/h7-9H,10-21H2,1-6H3. The molecule has 10 nitrogen and oxygen atoms in total. The van der Waals surface area contributed by atoms with Crippen LogP contribution in [0.4, 0.5) is 11.4 Å². The summed E-state index contributed by atoms with van der Waals surface area (Å²) < 4.78 is 35.0. The first kappa shape index (κ1) is 27.9. The van der Waals surface area contributed by atoms with Gasteiger partial charge in [-0.2, -0.15) is 0 Å². The van der Waals surface area contributed by atoms with Crippen molar-refractivity contribution < 1.29 is 33.2 Å². The van der Waals surface area contributed by atoms with Crippen molar-refractivity contribution in [2.24, 2.45) is 0 Å². The van der Waals surface area contributed by atoms with Gasteiger partial charge < -0.3 is 43.1 Å². The van der Waals surface area contributed by atoms with E-state index in [9.17, 15) is 4.79 Å². The van der Waals surface area contributed by atoms with Crippen molar-refractivity contribution in [2.45, 2.75) is 75.1 Å². The molecule has 0 saturated carbocycles. The Bertz CT molecular complexity index is 1150. The zero-order valence-corrected chi connectivity index (χ0v) is 25.4. The van der Waals surface area contributed by atoms with E-state index < -0.39 is 0 Å². The molecule has 0 spiro atoms. The van der Waals surface area contributed by atoms with Crippen LogP contribution < -0.4 is 9.80 Å². The Morgan fingerprint density at radius 3 is 1.29 bits per heavy atom. The molecule has 6 heterocycles. The van der Waals surface area contributed by atoms with Crippen LogP contribution in [0, 0.1) is 0 Å². The van der Waals surface area contributed by atoms with Crippen LogP contribution in [0.2, 0.25) is 0 Å². The van der Waals surface area contributed by atoms with E-state index in [0.29, 0.717) is 71.3 Å². The number of para-hydroxylation sites is 1. The van der Waals surface area contributed by atoms with Gasteiger partial charge in [-0.1, -0.05) is 6.07 Å². The molecule has 7 rings (SSSR count). The minimum Gasteiger partial charge on any atom is -0.368 e. The predicted octanol–water partition coefficient (Wildman–Crippen LogP) is 2.48. The molecule has 6 atom stereocenters. The van der Waals surface area contributed by atoms with E-state index in [2.05, 4.69) is 57.4 Å². The smallest absolute Gasteiger partial charge is 0.256 e. The molecule has 6 saturated heterocycles. The summed E-state index contributed by atoms with van der Waals surface area (Å²) in [6, 6.07) is 6.13. The number of benzene rings is 1. The fourth-order valence-electron chi connectivity index (χ4n) is 5.81. The Kier molecular flexibility index (Phi) is 6.14. The number of ether oxygens (including phenoxy) is 6. The Hall–Kier alpha value is -1.95.